The van der Waals surface area contributed by atoms with E-state index in [1.54, 1.807) is 11.6 Å². The van der Waals surface area contributed by atoms with Gasteiger partial charge in [-0.1, -0.05) is 0 Å². The van der Waals surface area contributed by atoms with Crippen molar-refractivity contribution in [2.24, 2.45) is 7.05 Å². The third-order valence-corrected chi connectivity index (χ3v) is 6.30. The average molecular weight is 421 g/mol. The van der Waals surface area contributed by atoms with Crippen molar-refractivity contribution in [3.63, 3.8) is 0 Å². The molecule has 3 aromatic heterocycles. The second kappa shape index (κ2) is 8.11. The van der Waals surface area contributed by atoms with Crippen molar-refractivity contribution in [1.29, 1.82) is 0 Å². The van der Waals surface area contributed by atoms with E-state index < -0.39 is 5.69 Å². The molecule has 0 aliphatic heterocycles. The van der Waals surface area contributed by atoms with Gasteiger partial charge in [0.25, 0.3) is 11.2 Å². The van der Waals surface area contributed by atoms with E-state index in [0.29, 0.717) is 30.1 Å². The van der Waals surface area contributed by atoms with Crippen LogP contribution in [0.4, 0.5) is 0 Å². The highest BCUT2D eigenvalue weighted by atomic mass is 32.1. The molecule has 29 heavy (non-hydrogen) atoms. The number of aryl methyl sites for hydroxylation is 2. The molecule has 0 unspecified atom stereocenters. The number of rotatable bonds is 7. The lowest BCUT2D eigenvalue weighted by Crippen LogP contribution is -2.45. The first-order valence-corrected chi connectivity index (χ1v) is 10.8. The lowest BCUT2D eigenvalue weighted by molar-refractivity contribution is -0.669. The maximum atomic E-state index is 13.2. The molecule has 1 aliphatic rings. The Bertz CT molecular complexity index is 1140. The van der Waals surface area contributed by atoms with Crippen molar-refractivity contribution in [2.75, 3.05) is 6.61 Å². The van der Waals surface area contributed by atoms with E-state index in [0.717, 1.165) is 36.4 Å². The van der Waals surface area contributed by atoms with E-state index in [1.807, 2.05) is 12.3 Å². The number of thiazole rings is 1. The highest BCUT2D eigenvalue weighted by Gasteiger charge is 2.31. The van der Waals surface area contributed by atoms with E-state index in [1.165, 1.54) is 20.5 Å². The number of nitrogens with zero attached hydrogens (tertiary/aromatic N) is 4. The lowest BCUT2D eigenvalue weighted by Gasteiger charge is -2.09. The summed E-state index contributed by atoms with van der Waals surface area (Å²) in [5, 5.41) is 12.0. The van der Waals surface area contributed by atoms with Crippen LogP contribution in [0, 0.1) is 6.92 Å². The van der Waals surface area contributed by atoms with Gasteiger partial charge < -0.3 is 9.84 Å². The van der Waals surface area contributed by atoms with Crippen molar-refractivity contribution in [1.82, 2.24) is 19.1 Å². The number of imidazole rings is 1. The van der Waals surface area contributed by atoms with Crippen LogP contribution in [0.1, 0.15) is 42.8 Å². The molecular formula is C19H26N5O4S+. The summed E-state index contributed by atoms with van der Waals surface area (Å²) in [6.45, 7) is 2.39. The van der Waals surface area contributed by atoms with Crippen LogP contribution in [-0.2, 0) is 20.1 Å². The predicted octanol–water partition coefficient (Wildman–Crippen LogP) is 0.833. The highest BCUT2D eigenvalue weighted by molar-refractivity contribution is 7.09. The summed E-state index contributed by atoms with van der Waals surface area (Å²) in [7, 11) is 1.63. The van der Waals surface area contributed by atoms with Crippen molar-refractivity contribution in [2.45, 2.75) is 58.2 Å². The number of ether oxygens (including phenoxy) is 1. The summed E-state index contributed by atoms with van der Waals surface area (Å²) in [5.41, 5.74) is 0.938. The summed E-state index contributed by atoms with van der Waals surface area (Å²) in [5.74, 6) is 0. The molecule has 2 N–H and O–H groups in total. The van der Waals surface area contributed by atoms with Gasteiger partial charge in [0.2, 0.25) is 0 Å². The van der Waals surface area contributed by atoms with Crippen LogP contribution in [0.3, 0.4) is 0 Å². The van der Waals surface area contributed by atoms with Crippen LogP contribution in [-0.4, -0.2) is 36.9 Å². The van der Waals surface area contributed by atoms with E-state index in [9.17, 15) is 9.59 Å². The number of aliphatic hydroxyl groups is 1. The molecule has 1 fully saturated rings. The van der Waals surface area contributed by atoms with Gasteiger partial charge in [-0.05, 0) is 39.0 Å². The predicted molar refractivity (Wildman–Crippen MR) is 109 cm³/mol. The Morgan fingerprint density at radius 3 is 2.79 bits per heavy atom. The van der Waals surface area contributed by atoms with Gasteiger partial charge in [0, 0.05) is 31.3 Å². The lowest BCUT2D eigenvalue weighted by atomic mass is 10.3. The Morgan fingerprint density at radius 1 is 1.38 bits per heavy atom. The minimum absolute atomic E-state index is 0.0881. The first-order chi connectivity index (χ1) is 14.0. The summed E-state index contributed by atoms with van der Waals surface area (Å²) >= 11 is 1.53. The molecule has 0 atom stereocenters. The minimum Gasteiger partial charge on any atom is -0.428 e. The topological polar surface area (TPSA) is 106 Å². The molecule has 1 aliphatic carbocycles. The third-order valence-electron chi connectivity index (χ3n) is 5.35. The molecule has 0 aromatic carbocycles. The minimum atomic E-state index is -0.415. The van der Waals surface area contributed by atoms with Crippen LogP contribution >= 0.6 is 11.3 Å². The summed E-state index contributed by atoms with van der Waals surface area (Å²) in [6.07, 6.45) is 4.64. The fraction of sp³-hybridized carbons (Fsp3) is 0.579. The largest absolute Gasteiger partial charge is 0.456 e. The van der Waals surface area contributed by atoms with Gasteiger partial charge in [-0.2, -0.15) is 9.55 Å². The fourth-order valence-electron chi connectivity index (χ4n) is 3.85. The number of fused-ring (bicyclic) bond motifs is 1. The van der Waals surface area contributed by atoms with E-state index in [2.05, 4.69) is 9.97 Å². The number of hydrogen-bond acceptors (Lipinski definition) is 6. The summed E-state index contributed by atoms with van der Waals surface area (Å²) in [6, 6.07) is 0.478. The smallest absolute Gasteiger partial charge is 0.428 e. The molecule has 0 amide bonds. The van der Waals surface area contributed by atoms with Gasteiger partial charge in [0.1, 0.15) is 17.7 Å². The first kappa shape index (κ1) is 19.8. The van der Waals surface area contributed by atoms with Gasteiger partial charge in [-0.3, -0.25) is 13.9 Å². The number of H-pyrrole nitrogens is 1. The fourth-order valence-corrected chi connectivity index (χ4v) is 4.61. The van der Waals surface area contributed by atoms with Crippen molar-refractivity contribution < 1.29 is 14.4 Å². The van der Waals surface area contributed by atoms with Gasteiger partial charge >= 0.3 is 17.3 Å². The van der Waals surface area contributed by atoms with Gasteiger partial charge in [0.15, 0.2) is 0 Å². The molecule has 1 saturated carbocycles. The Morgan fingerprint density at radius 2 is 2.14 bits per heavy atom. The molecule has 9 nitrogen and oxygen atoms in total. The van der Waals surface area contributed by atoms with Gasteiger partial charge in [-0.15, -0.1) is 11.3 Å². The molecule has 10 heteroatoms. The van der Waals surface area contributed by atoms with Gasteiger partial charge in [-0.25, -0.2) is 9.78 Å². The number of aromatic nitrogens is 5. The maximum absolute atomic E-state index is 13.2. The van der Waals surface area contributed by atoms with Crippen LogP contribution in [0.5, 0.6) is 6.01 Å². The quantitative estimate of drug-likeness (QED) is 0.551. The Hall–Kier alpha value is -2.46. The average Bonchev–Trinajstić information content (AvgIpc) is 3.42. The summed E-state index contributed by atoms with van der Waals surface area (Å²) < 4.78 is 10.6. The van der Waals surface area contributed by atoms with Crippen LogP contribution < -0.4 is 20.6 Å². The molecule has 0 saturated heterocycles. The molecule has 0 bridgehead atoms. The normalized spacial score (nSPS) is 14.9. The molecule has 4 rings (SSSR count). The Kier molecular flexibility index (Phi) is 5.55. The van der Waals surface area contributed by atoms with E-state index >= 15 is 0 Å². The first-order valence-electron chi connectivity index (χ1n) is 9.93. The van der Waals surface area contributed by atoms with Crippen molar-refractivity contribution in [3.05, 3.63) is 36.9 Å². The number of aliphatic hydroxyl groups excluding tert-OH is 1. The molecule has 0 radical (unpaired) electrons. The second-order valence-electron chi connectivity index (χ2n) is 7.50. The van der Waals surface area contributed by atoms with Crippen molar-refractivity contribution >= 4 is 22.5 Å². The molecular weight excluding hydrogens is 394 g/mol. The standard InChI is InChI=1S/C19H25N5O4S/c1-12-11-29-14(20-12)10-24-15-16(21-18(24)28-13-6-3-4-7-13)22(2)19(27)23(17(15)26)8-5-9-25/h11,13,25H,3-10H2,1-2H3/p+1. The number of nitrogens with one attached hydrogen (secondary N) is 1. The zero-order chi connectivity index (χ0) is 20.5. The maximum Gasteiger partial charge on any atom is 0.456 e. The zero-order valence-corrected chi connectivity index (χ0v) is 17.5. The van der Waals surface area contributed by atoms with E-state index in [4.69, 9.17) is 9.84 Å². The monoisotopic (exact) mass is 420 g/mol. The number of hydrogen-bond donors (Lipinski definition) is 2. The molecule has 156 valence electrons. The van der Waals surface area contributed by atoms with Crippen LogP contribution in [0.2, 0.25) is 0 Å². The highest BCUT2D eigenvalue weighted by Crippen LogP contribution is 2.23. The Labute approximate surface area is 171 Å². The van der Waals surface area contributed by atoms with Crippen LogP contribution in [0.25, 0.3) is 11.2 Å². The van der Waals surface area contributed by atoms with E-state index in [-0.39, 0.29) is 24.8 Å². The van der Waals surface area contributed by atoms with Crippen LogP contribution in [0.15, 0.2) is 15.0 Å². The summed E-state index contributed by atoms with van der Waals surface area (Å²) in [4.78, 5) is 33.6. The SMILES string of the molecule is Cc1csc(C[n+]2c(OC3CCCC3)[nH]c3c2c(=O)n(CCCO)c(=O)n3C)n1. The molecule has 3 heterocycles. The molecule has 0 spiro atoms. The number of aromatic amines is 1. The van der Waals surface area contributed by atoms with Gasteiger partial charge in [0.05, 0.1) is 0 Å². The zero-order valence-electron chi connectivity index (χ0n) is 16.7. The van der Waals surface area contributed by atoms with Crippen molar-refractivity contribution in [3.8, 4) is 6.01 Å². The Balaban J connectivity index is 1.89. The second-order valence-corrected chi connectivity index (χ2v) is 8.44. The third kappa shape index (κ3) is 3.74. The molecule has 3 aromatic rings.